The molecule has 6 heteroatoms. The summed E-state index contributed by atoms with van der Waals surface area (Å²) < 4.78 is 5.57. The highest BCUT2D eigenvalue weighted by Gasteiger charge is 2.33. The van der Waals surface area contributed by atoms with E-state index in [1.165, 1.54) is 0 Å². The smallest absolute Gasteiger partial charge is 0.255 e. The van der Waals surface area contributed by atoms with Crippen LogP contribution >= 0.6 is 0 Å². The first-order valence-electron chi connectivity index (χ1n) is 12.0. The van der Waals surface area contributed by atoms with Crippen molar-refractivity contribution in [3.8, 4) is 5.75 Å². The summed E-state index contributed by atoms with van der Waals surface area (Å²) in [5.41, 5.74) is 4.00. The highest BCUT2D eigenvalue weighted by atomic mass is 16.5. The Bertz CT molecular complexity index is 1130. The Morgan fingerprint density at radius 2 is 1.53 bits per heavy atom. The van der Waals surface area contributed by atoms with Gasteiger partial charge in [-0.3, -0.25) is 9.69 Å². The van der Waals surface area contributed by atoms with Crippen LogP contribution in [-0.2, 0) is 0 Å². The summed E-state index contributed by atoms with van der Waals surface area (Å²) in [4.78, 5) is 20.2. The maximum atomic E-state index is 12.9. The molecule has 176 valence electrons. The molecule has 0 spiro atoms. The van der Waals surface area contributed by atoms with Crippen LogP contribution in [0.2, 0.25) is 0 Å². The number of carbonyl (C=O) groups excluding carboxylic acids is 1. The first kappa shape index (κ1) is 22.3. The molecule has 0 radical (unpaired) electrons. The molecule has 0 aromatic heterocycles. The van der Waals surface area contributed by atoms with Gasteiger partial charge in [-0.15, -0.1) is 0 Å². The number of piperazine rings is 1. The molecule has 5 rings (SSSR count). The number of anilines is 2. The zero-order chi connectivity index (χ0) is 23.5. The van der Waals surface area contributed by atoms with Gasteiger partial charge in [-0.2, -0.15) is 0 Å². The Morgan fingerprint density at radius 3 is 2.26 bits per heavy atom. The van der Waals surface area contributed by atoms with Gasteiger partial charge in [0.1, 0.15) is 11.9 Å². The molecule has 1 amide bonds. The van der Waals surface area contributed by atoms with Gasteiger partial charge >= 0.3 is 0 Å². The number of ether oxygens (including phenoxy) is 1. The molecule has 1 fully saturated rings. The largest absolute Gasteiger partial charge is 0.495 e. The molecular formula is C28H32N4O2. The lowest BCUT2D eigenvalue weighted by molar-refractivity contribution is 0.0923. The summed E-state index contributed by atoms with van der Waals surface area (Å²) in [6.45, 7) is 7.00. The molecule has 1 N–H and O–H groups in total. The van der Waals surface area contributed by atoms with Crippen molar-refractivity contribution in [3.05, 3.63) is 90.0 Å². The van der Waals surface area contributed by atoms with Crippen molar-refractivity contribution in [1.82, 2.24) is 10.2 Å². The number of carbonyl (C=O) groups is 1. The molecule has 0 saturated carbocycles. The first-order valence-corrected chi connectivity index (χ1v) is 12.0. The summed E-state index contributed by atoms with van der Waals surface area (Å²) in [6, 6.07) is 26.7. The minimum absolute atomic E-state index is 0.0150. The molecule has 2 atom stereocenters. The van der Waals surface area contributed by atoms with Gasteiger partial charge in [0.05, 0.1) is 24.0 Å². The Kier molecular flexibility index (Phi) is 6.41. The fraction of sp³-hybridized carbons (Fsp3) is 0.321. The summed E-state index contributed by atoms with van der Waals surface area (Å²) >= 11 is 0. The van der Waals surface area contributed by atoms with Gasteiger partial charge in [0.25, 0.3) is 5.91 Å². The van der Waals surface area contributed by atoms with E-state index in [2.05, 4.69) is 57.3 Å². The van der Waals surface area contributed by atoms with Crippen molar-refractivity contribution in [2.45, 2.75) is 19.1 Å². The molecule has 34 heavy (non-hydrogen) atoms. The summed E-state index contributed by atoms with van der Waals surface area (Å²) in [5, 5.41) is 3.23. The Balaban J connectivity index is 1.33. The zero-order valence-corrected chi connectivity index (χ0v) is 19.9. The topological polar surface area (TPSA) is 48.1 Å². The monoisotopic (exact) mass is 456 g/mol. The van der Waals surface area contributed by atoms with Crippen LogP contribution in [0.15, 0.2) is 78.9 Å². The van der Waals surface area contributed by atoms with Gasteiger partial charge in [-0.1, -0.05) is 54.6 Å². The van der Waals surface area contributed by atoms with Crippen molar-refractivity contribution in [3.63, 3.8) is 0 Å². The quantitative estimate of drug-likeness (QED) is 0.604. The van der Waals surface area contributed by atoms with E-state index in [0.717, 1.165) is 61.0 Å². The van der Waals surface area contributed by atoms with E-state index >= 15 is 0 Å². The summed E-state index contributed by atoms with van der Waals surface area (Å²) in [7, 11) is 1.73. The minimum Gasteiger partial charge on any atom is -0.495 e. The highest BCUT2D eigenvalue weighted by Crippen LogP contribution is 2.34. The third-order valence-electron chi connectivity index (χ3n) is 6.98. The van der Waals surface area contributed by atoms with Gasteiger partial charge in [0.15, 0.2) is 0 Å². The van der Waals surface area contributed by atoms with E-state index in [4.69, 9.17) is 4.74 Å². The highest BCUT2D eigenvalue weighted by molar-refractivity contribution is 6.02. The van der Waals surface area contributed by atoms with Gasteiger partial charge in [0.2, 0.25) is 0 Å². The fourth-order valence-corrected chi connectivity index (χ4v) is 5.13. The number of hydrogen-bond acceptors (Lipinski definition) is 5. The maximum absolute atomic E-state index is 12.9. The van der Waals surface area contributed by atoms with E-state index in [9.17, 15) is 4.79 Å². The lowest BCUT2D eigenvalue weighted by Crippen LogP contribution is -2.55. The van der Waals surface area contributed by atoms with Gasteiger partial charge in [0, 0.05) is 38.8 Å². The molecule has 0 bridgehead atoms. The Hall–Kier alpha value is -3.51. The number of nitrogens with zero attached hydrogens (tertiary/aromatic N) is 3. The first-order chi connectivity index (χ1) is 16.7. The summed E-state index contributed by atoms with van der Waals surface area (Å²) in [5.74, 6) is 0.911. The van der Waals surface area contributed by atoms with Crippen LogP contribution in [-0.4, -0.2) is 56.7 Å². The number of nitrogens with one attached hydrogen (secondary N) is 1. The molecule has 6 nitrogen and oxygen atoms in total. The normalized spacial score (nSPS) is 19.4. The average molecular weight is 457 g/mol. The molecule has 0 aliphatic carbocycles. The predicted molar refractivity (Wildman–Crippen MR) is 137 cm³/mol. The fourth-order valence-electron chi connectivity index (χ4n) is 5.13. The van der Waals surface area contributed by atoms with E-state index in [1.54, 1.807) is 7.11 Å². The zero-order valence-electron chi connectivity index (χ0n) is 19.9. The van der Waals surface area contributed by atoms with E-state index in [-0.39, 0.29) is 12.1 Å². The average Bonchev–Trinajstić information content (AvgIpc) is 2.90. The molecule has 1 saturated heterocycles. The van der Waals surface area contributed by atoms with Gasteiger partial charge in [-0.05, 0) is 36.8 Å². The standard InChI is InChI=1S/C28H32N4O2/c1-21(30-16-18-31(19-17-30)25-14-8-9-15-26(25)34-2)20-32-24-13-7-6-12-23(24)28(33)29-27(32)22-10-4-3-5-11-22/h3-15,21,27H,16-20H2,1-2H3,(H,29,33). The van der Waals surface area contributed by atoms with Gasteiger partial charge < -0.3 is 19.9 Å². The second-order valence-corrected chi connectivity index (χ2v) is 9.00. The third kappa shape index (κ3) is 4.33. The second-order valence-electron chi connectivity index (χ2n) is 9.00. The van der Waals surface area contributed by atoms with Crippen LogP contribution in [0, 0.1) is 0 Å². The molecular weight excluding hydrogens is 424 g/mol. The molecule has 2 aliphatic heterocycles. The van der Waals surface area contributed by atoms with Crippen LogP contribution in [0.25, 0.3) is 0 Å². The maximum Gasteiger partial charge on any atom is 0.255 e. The van der Waals surface area contributed by atoms with E-state index < -0.39 is 0 Å². The molecule has 2 unspecified atom stereocenters. The van der Waals surface area contributed by atoms with Crippen LogP contribution in [0.5, 0.6) is 5.75 Å². The molecule has 2 heterocycles. The number of para-hydroxylation sites is 3. The number of amides is 1. The van der Waals surface area contributed by atoms with Crippen molar-refractivity contribution in [2.75, 3.05) is 49.6 Å². The van der Waals surface area contributed by atoms with E-state index in [0.29, 0.717) is 6.04 Å². The molecule has 3 aromatic rings. The lowest BCUT2D eigenvalue weighted by atomic mass is 10.0. The number of rotatable bonds is 6. The van der Waals surface area contributed by atoms with Crippen LogP contribution < -0.4 is 19.9 Å². The van der Waals surface area contributed by atoms with Crippen LogP contribution in [0.3, 0.4) is 0 Å². The Morgan fingerprint density at radius 1 is 0.882 bits per heavy atom. The second kappa shape index (κ2) is 9.77. The Labute approximate surface area is 201 Å². The predicted octanol–water partition coefficient (Wildman–Crippen LogP) is 4.15. The number of methoxy groups -OCH3 is 1. The van der Waals surface area contributed by atoms with Crippen molar-refractivity contribution in [2.24, 2.45) is 0 Å². The minimum atomic E-state index is -0.180. The van der Waals surface area contributed by atoms with E-state index in [1.807, 2.05) is 48.5 Å². The van der Waals surface area contributed by atoms with Crippen LogP contribution in [0.4, 0.5) is 11.4 Å². The number of fused-ring (bicyclic) bond motifs is 1. The lowest BCUT2D eigenvalue weighted by Gasteiger charge is -2.44. The van der Waals surface area contributed by atoms with Crippen molar-refractivity contribution in [1.29, 1.82) is 0 Å². The van der Waals surface area contributed by atoms with Crippen molar-refractivity contribution >= 4 is 17.3 Å². The molecule has 3 aromatic carbocycles. The van der Waals surface area contributed by atoms with Gasteiger partial charge in [-0.25, -0.2) is 0 Å². The number of hydrogen-bond donors (Lipinski definition) is 1. The summed E-state index contributed by atoms with van der Waals surface area (Å²) in [6.07, 6.45) is -0.180. The number of benzene rings is 3. The third-order valence-corrected chi connectivity index (χ3v) is 6.98. The van der Waals surface area contributed by atoms with Crippen LogP contribution in [0.1, 0.15) is 29.0 Å². The van der Waals surface area contributed by atoms with Crippen molar-refractivity contribution < 1.29 is 9.53 Å². The molecule has 2 aliphatic rings. The SMILES string of the molecule is COc1ccccc1N1CCN(C(C)CN2c3ccccc3C(=O)NC2c2ccccc2)CC1.